The number of amides is 2. The van der Waals surface area contributed by atoms with E-state index in [4.69, 9.17) is 0 Å². The van der Waals surface area contributed by atoms with Gasteiger partial charge in [0.1, 0.15) is 18.1 Å². The molecule has 2 aliphatic rings. The van der Waals surface area contributed by atoms with E-state index >= 15 is 0 Å². The highest BCUT2D eigenvalue weighted by atomic mass is 19.1. The summed E-state index contributed by atoms with van der Waals surface area (Å²) in [6.07, 6.45) is 3.23. The molecule has 2 fully saturated rings. The van der Waals surface area contributed by atoms with Crippen LogP contribution in [0.1, 0.15) is 37.2 Å². The molecule has 134 valence electrons. The SMILES string of the molecule is O=CCN1CCC(c2ccc(NC3CCC(=O)NC3=O)cc2F)CC1. The number of nitrogens with zero attached hydrogens (tertiary/aromatic N) is 1. The van der Waals surface area contributed by atoms with Crippen molar-refractivity contribution < 1.29 is 18.8 Å². The third kappa shape index (κ3) is 4.22. The Morgan fingerprint density at radius 3 is 2.64 bits per heavy atom. The molecule has 2 saturated heterocycles. The van der Waals surface area contributed by atoms with E-state index in [-0.39, 0.29) is 30.0 Å². The monoisotopic (exact) mass is 347 g/mol. The standard InChI is InChI=1S/C18H22FN3O3/c19-15-11-13(20-16-3-4-17(24)21-18(16)25)1-2-14(15)12-5-7-22(8-6-12)9-10-23/h1-2,10-12,16,20H,3-9H2,(H,21,24,25). The van der Waals surface area contributed by atoms with Gasteiger partial charge in [0.2, 0.25) is 11.8 Å². The zero-order valence-electron chi connectivity index (χ0n) is 14.0. The van der Waals surface area contributed by atoms with E-state index in [1.54, 1.807) is 12.1 Å². The summed E-state index contributed by atoms with van der Waals surface area (Å²) in [5, 5.41) is 5.27. The normalized spacial score (nSPS) is 22.5. The number of imide groups is 1. The number of rotatable bonds is 5. The van der Waals surface area contributed by atoms with Crippen LogP contribution in [0.2, 0.25) is 0 Å². The lowest BCUT2D eigenvalue weighted by atomic mass is 9.89. The second kappa shape index (κ2) is 7.74. The van der Waals surface area contributed by atoms with E-state index < -0.39 is 6.04 Å². The average Bonchev–Trinajstić information content (AvgIpc) is 2.59. The number of aldehydes is 1. The molecule has 2 N–H and O–H groups in total. The largest absolute Gasteiger partial charge is 0.374 e. The Morgan fingerprint density at radius 2 is 2.00 bits per heavy atom. The molecule has 0 radical (unpaired) electrons. The molecular weight excluding hydrogens is 325 g/mol. The van der Waals surface area contributed by atoms with Crippen LogP contribution in [0.4, 0.5) is 10.1 Å². The number of likely N-dealkylation sites (tertiary alicyclic amines) is 1. The van der Waals surface area contributed by atoms with Crippen molar-refractivity contribution in [1.29, 1.82) is 0 Å². The first-order valence-electron chi connectivity index (χ1n) is 8.62. The lowest BCUT2D eigenvalue weighted by molar-refractivity contribution is -0.133. The molecule has 1 aromatic rings. The number of carbonyl (C=O) groups excluding carboxylic acids is 3. The van der Waals surface area contributed by atoms with E-state index in [1.807, 2.05) is 0 Å². The first-order valence-corrected chi connectivity index (χ1v) is 8.62. The molecule has 3 rings (SSSR count). The van der Waals surface area contributed by atoms with Crippen molar-refractivity contribution in [2.24, 2.45) is 0 Å². The van der Waals surface area contributed by atoms with Crippen LogP contribution in [0.15, 0.2) is 18.2 Å². The molecule has 1 unspecified atom stereocenters. The molecule has 0 aromatic heterocycles. The molecule has 0 spiro atoms. The first kappa shape index (κ1) is 17.5. The lowest BCUT2D eigenvalue weighted by Crippen LogP contribution is -2.47. The Bertz CT molecular complexity index is 672. The van der Waals surface area contributed by atoms with Gasteiger partial charge in [0.05, 0.1) is 6.54 Å². The van der Waals surface area contributed by atoms with E-state index in [2.05, 4.69) is 15.5 Å². The summed E-state index contributed by atoms with van der Waals surface area (Å²) in [7, 11) is 0. The number of nitrogens with one attached hydrogen (secondary N) is 2. The average molecular weight is 347 g/mol. The van der Waals surface area contributed by atoms with E-state index in [0.29, 0.717) is 24.2 Å². The fraction of sp³-hybridized carbons (Fsp3) is 0.500. The van der Waals surface area contributed by atoms with Gasteiger partial charge in [0.25, 0.3) is 0 Å². The number of halogens is 1. The number of carbonyl (C=O) groups is 3. The van der Waals surface area contributed by atoms with Crippen molar-refractivity contribution in [3.63, 3.8) is 0 Å². The minimum atomic E-state index is -0.519. The zero-order valence-corrected chi connectivity index (χ0v) is 14.0. The molecule has 0 bridgehead atoms. The minimum absolute atomic E-state index is 0.146. The van der Waals surface area contributed by atoms with Crippen LogP contribution in [0.3, 0.4) is 0 Å². The van der Waals surface area contributed by atoms with Crippen LogP contribution in [-0.2, 0) is 14.4 Å². The number of benzene rings is 1. The number of piperidine rings is 2. The van der Waals surface area contributed by atoms with Gasteiger partial charge in [-0.15, -0.1) is 0 Å². The fourth-order valence-electron chi connectivity index (χ4n) is 3.51. The van der Waals surface area contributed by atoms with Crippen molar-refractivity contribution in [2.75, 3.05) is 25.0 Å². The first-order chi connectivity index (χ1) is 12.1. The molecule has 0 saturated carbocycles. The highest BCUT2D eigenvalue weighted by Crippen LogP contribution is 2.31. The van der Waals surface area contributed by atoms with Crippen molar-refractivity contribution in [1.82, 2.24) is 10.2 Å². The van der Waals surface area contributed by atoms with Crippen LogP contribution in [0, 0.1) is 5.82 Å². The molecule has 7 heteroatoms. The van der Waals surface area contributed by atoms with Crippen molar-refractivity contribution in [3.05, 3.63) is 29.6 Å². The molecule has 2 heterocycles. The number of hydrogen-bond donors (Lipinski definition) is 2. The van der Waals surface area contributed by atoms with Gasteiger partial charge in [0.15, 0.2) is 0 Å². The zero-order chi connectivity index (χ0) is 17.8. The smallest absolute Gasteiger partial charge is 0.249 e. The summed E-state index contributed by atoms with van der Waals surface area (Å²) in [6.45, 7) is 2.02. The van der Waals surface area contributed by atoms with Crippen molar-refractivity contribution in [3.8, 4) is 0 Å². The van der Waals surface area contributed by atoms with Crippen LogP contribution >= 0.6 is 0 Å². The topological polar surface area (TPSA) is 78.5 Å². The van der Waals surface area contributed by atoms with Gasteiger partial charge in [-0.3, -0.25) is 19.8 Å². The Balaban J connectivity index is 1.62. The van der Waals surface area contributed by atoms with E-state index in [0.717, 1.165) is 32.2 Å². The maximum Gasteiger partial charge on any atom is 0.249 e. The third-order valence-electron chi connectivity index (χ3n) is 4.94. The van der Waals surface area contributed by atoms with Crippen molar-refractivity contribution in [2.45, 2.75) is 37.6 Å². The minimum Gasteiger partial charge on any atom is -0.374 e. The van der Waals surface area contributed by atoms with Crippen LogP contribution in [-0.4, -0.2) is 48.7 Å². The van der Waals surface area contributed by atoms with Gasteiger partial charge >= 0.3 is 0 Å². The molecule has 6 nitrogen and oxygen atoms in total. The predicted molar refractivity (Wildman–Crippen MR) is 90.7 cm³/mol. The van der Waals surface area contributed by atoms with Gasteiger partial charge in [0, 0.05) is 12.1 Å². The van der Waals surface area contributed by atoms with Gasteiger partial charge in [-0.1, -0.05) is 6.07 Å². The Hall–Kier alpha value is -2.28. The van der Waals surface area contributed by atoms with Gasteiger partial charge in [-0.05, 0) is 56.0 Å². The maximum absolute atomic E-state index is 14.5. The second-order valence-corrected chi connectivity index (χ2v) is 6.63. The fourth-order valence-corrected chi connectivity index (χ4v) is 3.51. The van der Waals surface area contributed by atoms with E-state index in [1.165, 1.54) is 6.07 Å². The molecule has 1 atom stereocenters. The Kier molecular flexibility index (Phi) is 5.43. The third-order valence-corrected chi connectivity index (χ3v) is 4.94. The molecule has 25 heavy (non-hydrogen) atoms. The summed E-state index contributed by atoms with van der Waals surface area (Å²) in [6, 6.07) is 4.44. The van der Waals surface area contributed by atoms with Gasteiger partial charge in [-0.25, -0.2) is 4.39 Å². The van der Waals surface area contributed by atoms with Crippen LogP contribution < -0.4 is 10.6 Å². The summed E-state index contributed by atoms with van der Waals surface area (Å²) in [5.74, 6) is -0.785. The molecular formula is C18H22FN3O3. The quantitative estimate of drug-likeness (QED) is 0.622. The molecule has 1 aromatic carbocycles. The lowest BCUT2D eigenvalue weighted by Gasteiger charge is -2.31. The highest BCUT2D eigenvalue weighted by Gasteiger charge is 2.27. The number of hydrogen-bond acceptors (Lipinski definition) is 5. The Labute approximate surface area is 145 Å². The Morgan fingerprint density at radius 1 is 1.24 bits per heavy atom. The van der Waals surface area contributed by atoms with Crippen LogP contribution in [0.5, 0.6) is 0 Å². The summed E-state index contributed by atoms with van der Waals surface area (Å²) in [5.41, 5.74) is 1.22. The predicted octanol–water partition coefficient (Wildman–Crippen LogP) is 1.42. The summed E-state index contributed by atoms with van der Waals surface area (Å²) >= 11 is 0. The van der Waals surface area contributed by atoms with Gasteiger partial charge in [-0.2, -0.15) is 0 Å². The van der Waals surface area contributed by atoms with E-state index in [9.17, 15) is 18.8 Å². The second-order valence-electron chi connectivity index (χ2n) is 6.63. The summed E-state index contributed by atoms with van der Waals surface area (Å²) < 4.78 is 14.5. The van der Waals surface area contributed by atoms with Gasteiger partial charge < -0.3 is 10.1 Å². The van der Waals surface area contributed by atoms with Crippen molar-refractivity contribution >= 4 is 23.8 Å². The maximum atomic E-state index is 14.5. The summed E-state index contributed by atoms with van der Waals surface area (Å²) in [4.78, 5) is 35.6. The van der Waals surface area contributed by atoms with Crippen LogP contribution in [0.25, 0.3) is 0 Å². The number of anilines is 1. The molecule has 2 amide bonds. The molecule has 0 aliphatic carbocycles. The highest BCUT2D eigenvalue weighted by molar-refractivity contribution is 6.01. The molecule has 2 aliphatic heterocycles.